The molecule has 10 rings (SSSR count). The molecule has 2 aromatic heterocycles. The first kappa shape index (κ1) is 84.5. The largest absolute Gasteiger partial charge is 0.491 e. The minimum Gasteiger partial charge on any atom is -0.491 e. The number of fused-ring (bicyclic) bond motifs is 2. The van der Waals surface area contributed by atoms with Crippen LogP contribution < -0.4 is 35.2 Å². The van der Waals surface area contributed by atoms with Crippen molar-refractivity contribution in [2.24, 2.45) is 0 Å². The van der Waals surface area contributed by atoms with E-state index in [1.54, 1.807) is 29.2 Å². The van der Waals surface area contributed by atoms with E-state index in [2.05, 4.69) is 109 Å². The van der Waals surface area contributed by atoms with Gasteiger partial charge in [-0.25, -0.2) is 9.97 Å². The molecule has 110 heavy (non-hydrogen) atoms. The number of carbonyl (C=O) groups excluding carboxylic acids is 2. The number of hydrogen-bond donors (Lipinski definition) is 5. The molecule has 0 saturated heterocycles. The average molecular weight is 1540 g/mol. The molecule has 8 aromatic rings. The Morgan fingerprint density at radius 1 is 0.536 bits per heavy atom. The summed E-state index contributed by atoms with van der Waals surface area (Å²) in [6.45, 7) is 23.3. The molecule has 0 spiro atoms. The predicted octanol–water partition coefficient (Wildman–Crippen LogP) is 14.8. The van der Waals surface area contributed by atoms with Gasteiger partial charge in [0.05, 0.1) is 88.5 Å². The summed E-state index contributed by atoms with van der Waals surface area (Å²) in [6.07, 6.45) is 14.6. The van der Waals surface area contributed by atoms with Gasteiger partial charge in [-0.05, 0) is 222 Å². The van der Waals surface area contributed by atoms with Crippen LogP contribution in [0.15, 0.2) is 161 Å². The number of carboxylic acid groups (broad SMARTS) is 2. The molecule has 2 aliphatic heterocycles. The van der Waals surface area contributed by atoms with E-state index in [0.29, 0.717) is 122 Å². The number of anilines is 4. The van der Waals surface area contributed by atoms with Crippen molar-refractivity contribution < 1.29 is 56.8 Å². The molecule has 0 unspecified atom stereocenters. The van der Waals surface area contributed by atoms with Crippen molar-refractivity contribution in [1.82, 2.24) is 29.3 Å². The third-order valence-corrected chi connectivity index (χ3v) is 21.9. The monoisotopic (exact) mass is 1540 g/mol. The lowest BCUT2D eigenvalue weighted by Crippen LogP contribution is -2.37. The smallest absolute Gasteiger partial charge is 0.317 e. The van der Waals surface area contributed by atoms with E-state index in [9.17, 15) is 32.7 Å². The highest BCUT2D eigenvalue weighted by Crippen LogP contribution is 2.36. The van der Waals surface area contributed by atoms with Gasteiger partial charge in [0.1, 0.15) is 30.5 Å². The number of carbonyl (C=O) groups is 4. The molecule has 0 radical (unpaired) electrons. The summed E-state index contributed by atoms with van der Waals surface area (Å²) in [5.41, 5.74) is 14.2. The molecule has 0 aliphatic carbocycles. The normalized spacial score (nSPS) is 14.4. The molecule has 0 saturated carbocycles. The average Bonchev–Trinajstić information content (AvgIpc) is 1.17. The van der Waals surface area contributed by atoms with Gasteiger partial charge in [0.15, 0.2) is 0 Å². The van der Waals surface area contributed by atoms with Crippen LogP contribution in [-0.4, -0.2) is 165 Å². The Labute approximate surface area is 653 Å². The lowest BCUT2D eigenvalue weighted by atomic mass is 9.96. The van der Waals surface area contributed by atoms with Crippen molar-refractivity contribution in [3.63, 3.8) is 0 Å². The summed E-state index contributed by atoms with van der Waals surface area (Å²) < 4.78 is 53.9. The second-order valence-corrected chi connectivity index (χ2v) is 30.6. The number of amides is 2. The van der Waals surface area contributed by atoms with Crippen LogP contribution in [0.1, 0.15) is 132 Å². The molecule has 2 aliphatic rings. The van der Waals surface area contributed by atoms with Crippen LogP contribution >= 0.6 is 0 Å². The molecule has 6 aromatic carbocycles. The zero-order valence-electron chi connectivity index (χ0n) is 65.2. The maximum atomic E-state index is 13.8. The first-order valence-corrected chi connectivity index (χ1v) is 41.2. The summed E-state index contributed by atoms with van der Waals surface area (Å²) in [5.74, 6) is 1.13. The van der Waals surface area contributed by atoms with Crippen LogP contribution in [0.3, 0.4) is 0 Å². The van der Waals surface area contributed by atoms with E-state index in [1.165, 1.54) is 0 Å². The lowest BCUT2D eigenvalue weighted by molar-refractivity contribution is -0.138. The number of nitrogens with zero attached hydrogens (tertiary/aromatic N) is 7. The number of hydrogen-bond acceptors (Lipinski definition) is 16. The summed E-state index contributed by atoms with van der Waals surface area (Å²) in [5, 5.41) is 27.5. The maximum Gasteiger partial charge on any atom is 0.317 e. The fourth-order valence-corrected chi connectivity index (χ4v) is 15.7. The van der Waals surface area contributed by atoms with Gasteiger partial charge < -0.3 is 64.0 Å². The number of carboxylic acids is 2. The molecular weight excluding hydrogens is 1430 g/mol. The van der Waals surface area contributed by atoms with Gasteiger partial charge in [0.25, 0.3) is 11.8 Å². The van der Waals surface area contributed by atoms with Gasteiger partial charge >= 0.3 is 11.9 Å². The fraction of sp³-hybridized carbons (Fsp3) is 0.419. The van der Waals surface area contributed by atoms with E-state index in [4.69, 9.17) is 24.1 Å². The Morgan fingerprint density at radius 3 is 1.49 bits per heavy atom. The second-order valence-electron chi connectivity index (χ2n) is 27.7. The van der Waals surface area contributed by atoms with E-state index < -0.39 is 33.5 Å². The number of nitrogens with one attached hydrogen (secondary N) is 3. The molecule has 0 fully saturated rings. The maximum absolute atomic E-state index is 13.8. The van der Waals surface area contributed by atoms with Crippen molar-refractivity contribution in [1.29, 1.82) is 0 Å². The van der Waals surface area contributed by atoms with Crippen molar-refractivity contribution in [2.45, 2.75) is 147 Å². The van der Waals surface area contributed by atoms with Gasteiger partial charge in [-0.2, -0.15) is 0 Å². The van der Waals surface area contributed by atoms with E-state index in [1.807, 2.05) is 119 Å². The van der Waals surface area contributed by atoms with Crippen molar-refractivity contribution in [2.75, 3.05) is 119 Å². The standard InChI is InChI=1S/2C43H55N5O6S/c1-5-7-24-53-25-26-54-38-15-10-33(11-16-38)34-12-19-40-36(27-34)28-35(9-8-22-47(40)23-20-44-29-42(49)50)43(51)46-37-13-17-39(18-14-37)55(52)30-41-31(3)45-32(4)48(41)21-6-2;1-5-7-24-53-25-26-54-38-15-10-33(11-16-38)34-12-19-40-36(27-34)28-35(9-8-21-47(40)23-22-46(4)29-42(49)50)43(51)45-37-13-17-39(18-14-37)55(52)30-41-32(3)44-31-48(41)20-6-2/h10-19,27-28,44H,5-9,20-26,29-30H2,1-4H3,(H,46,51)(H,49,50);10-19,27-28,31H,5-9,20-26,29-30H2,1-4H3,(H,45,51)(H,49,50)/b2*35-28+/t2*55-/m00/s1. The highest BCUT2D eigenvalue weighted by Gasteiger charge is 2.24. The van der Waals surface area contributed by atoms with E-state index >= 15 is 0 Å². The molecule has 5 N–H and O–H groups in total. The number of aromatic nitrogens is 4. The Balaban J connectivity index is 0.000000253. The Hall–Kier alpha value is -9.56. The number of imidazole rings is 2. The van der Waals surface area contributed by atoms with Gasteiger partial charge in [0, 0.05) is 109 Å². The number of likely N-dealkylation sites (N-methyl/N-ethyl adjacent to an activating group) is 1. The molecule has 0 bridgehead atoms. The highest BCUT2D eigenvalue weighted by molar-refractivity contribution is 7.84. The van der Waals surface area contributed by atoms with E-state index in [0.717, 1.165) is 163 Å². The summed E-state index contributed by atoms with van der Waals surface area (Å²) in [7, 11) is -0.715. The molecule has 22 nitrogen and oxygen atoms in total. The number of benzene rings is 6. The number of unbranched alkanes of at least 4 members (excludes halogenated alkanes) is 2. The summed E-state index contributed by atoms with van der Waals surface area (Å²) in [4.78, 5) is 66.7. The molecule has 588 valence electrons. The zero-order chi connectivity index (χ0) is 78.3. The van der Waals surface area contributed by atoms with Gasteiger partial charge in [-0.1, -0.05) is 76.9 Å². The van der Waals surface area contributed by atoms with Gasteiger partial charge in [-0.3, -0.25) is 32.5 Å². The predicted molar refractivity (Wildman–Crippen MR) is 440 cm³/mol. The van der Waals surface area contributed by atoms with E-state index in [-0.39, 0.29) is 24.9 Å². The topological polar surface area (TPSA) is 261 Å². The SMILES string of the molecule is CCCCOCCOc1ccc(-c2ccc3c(c2)/C=C(/C(=O)Nc2ccc([S@@](=O)Cc4c(C)nc(C)n4CCC)cc2)CCCN3CCNCC(=O)O)cc1.CCCCOCCOc1ccc(-c2ccc3c(c2)/C=C(/C(=O)Nc2ccc([S@@](=O)Cc4c(C)ncn4CCC)cc2)CCCN3CCN(C)CC(=O)O)cc1. The van der Waals surface area contributed by atoms with Crippen LogP contribution in [0.5, 0.6) is 11.5 Å². The van der Waals surface area contributed by atoms with Crippen LogP contribution in [0.2, 0.25) is 0 Å². The molecule has 2 atom stereocenters. The third-order valence-electron chi connectivity index (χ3n) is 19.2. The quantitative estimate of drug-likeness (QED) is 0.0224. The summed E-state index contributed by atoms with van der Waals surface area (Å²) in [6, 6.07) is 43.0. The van der Waals surface area contributed by atoms with Crippen LogP contribution in [0.25, 0.3) is 34.4 Å². The van der Waals surface area contributed by atoms with Crippen molar-refractivity contribution in [3.8, 4) is 33.8 Å². The number of aryl methyl sites for hydroxylation is 4. The number of aliphatic carboxylic acids is 2. The first-order valence-electron chi connectivity index (χ1n) is 38.6. The van der Waals surface area contributed by atoms with Gasteiger partial charge in [0.2, 0.25) is 0 Å². The van der Waals surface area contributed by atoms with Crippen molar-refractivity contribution >= 4 is 80.3 Å². The minimum atomic E-state index is -1.27. The zero-order valence-corrected chi connectivity index (χ0v) is 66.8. The van der Waals surface area contributed by atoms with Crippen molar-refractivity contribution in [3.05, 3.63) is 191 Å². The second kappa shape index (κ2) is 43.7. The van der Waals surface area contributed by atoms with Gasteiger partial charge in [-0.15, -0.1) is 0 Å². The lowest BCUT2D eigenvalue weighted by Gasteiger charge is -2.30. The van der Waals surface area contributed by atoms with Crippen LogP contribution in [0, 0.1) is 20.8 Å². The Morgan fingerprint density at radius 2 is 1.02 bits per heavy atom. The Kier molecular flexibility index (Phi) is 33.6. The number of rotatable bonds is 40. The molecule has 24 heteroatoms. The molecule has 2 amide bonds. The van der Waals surface area contributed by atoms with Crippen LogP contribution in [-0.2, 0) is 74.8 Å². The molecule has 4 heterocycles. The Bertz CT molecular complexity index is 4420. The summed E-state index contributed by atoms with van der Waals surface area (Å²) >= 11 is 0. The third kappa shape index (κ3) is 25.5. The highest BCUT2D eigenvalue weighted by atomic mass is 32.2. The number of ether oxygens (including phenoxy) is 4. The van der Waals surface area contributed by atoms with Crippen LogP contribution in [0.4, 0.5) is 22.7 Å². The fourth-order valence-electron chi connectivity index (χ4n) is 13.2. The molecular formula is C86H110N10O12S2. The first-order chi connectivity index (χ1) is 53.3. The minimum absolute atomic E-state index is 0.0311.